The molecular weight excluding hydrogens is 236 g/mol. The molecule has 0 aromatic rings. The van der Waals surface area contributed by atoms with Gasteiger partial charge in [0.25, 0.3) is 0 Å². The lowest BCUT2D eigenvalue weighted by atomic mass is 10.0. The first kappa shape index (κ1) is 13.2. The molecule has 4 nitrogen and oxygen atoms in total. The quantitative estimate of drug-likeness (QED) is 0.781. The third kappa shape index (κ3) is 3.14. The van der Waals surface area contributed by atoms with Crippen LogP contribution < -0.4 is 11.1 Å². The van der Waals surface area contributed by atoms with Gasteiger partial charge in [0.1, 0.15) is 0 Å². The van der Waals surface area contributed by atoms with E-state index in [4.69, 9.17) is 10.5 Å². The first-order valence-corrected chi connectivity index (χ1v) is 7.52. The molecule has 3 N–H and O–H groups in total. The van der Waals surface area contributed by atoms with Crippen LogP contribution in [0.15, 0.2) is 0 Å². The van der Waals surface area contributed by atoms with Crippen LogP contribution in [0.4, 0.5) is 0 Å². The summed E-state index contributed by atoms with van der Waals surface area (Å²) in [6.07, 6.45) is 3.54. The van der Waals surface area contributed by atoms with Gasteiger partial charge in [0.15, 0.2) is 0 Å². The second-order valence-electron chi connectivity index (χ2n) is 4.85. The Bertz CT molecular complexity index is 275. The zero-order valence-corrected chi connectivity index (χ0v) is 11.2. The molecule has 2 aliphatic rings. The fraction of sp³-hybridized carbons (Fsp3) is 0.917. The summed E-state index contributed by atoms with van der Waals surface area (Å²) in [4.78, 5) is 12.1. The molecule has 4 atom stereocenters. The molecule has 5 heteroatoms. The van der Waals surface area contributed by atoms with Crippen LogP contribution >= 0.6 is 11.8 Å². The number of carbonyl (C=O) groups excluding carboxylic acids is 1. The smallest absolute Gasteiger partial charge is 0.227 e. The van der Waals surface area contributed by atoms with Crippen molar-refractivity contribution in [1.29, 1.82) is 0 Å². The molecule has 1 heterocycles. The van der Waals surface area contributed by atoms with Crippen LogP contribution in [0, 0.1) is 5.92 Å². The van der Waals surface area contributed by atoms with Gasteiger partial charge in [-0.05, 0) is 18.6 Å². The minimum atomic E-state index is -0.150. The molecule has 4 unspecified atom stereocenters. The van der Waals surface area contributed by atoms with Crippen LogP contribution in [-0.2, 0) is 9.53 Å². The molecule has 17 heavy (non-hydrogen) atoms. The molecule has 1 aliphatic heterocycles. The number of hydrogen-bond acceptors (Lipinski definition) is 4. The third-order valence-corrected chi connectivity index (χ3v) is 4.95. The van der Waals surface area contributed by atoms with E-state index in [0.29, 0.717) is 24.5 Å². The zero-order valence-electron chi connectivity index (χ0n) is 10.4. The SMILES string of the molecule is CCSC1CCCC1NC(=O)C1COCC1N. The molecule has 0 aromatic heterocycles. The van der Waals surface area contributed by atoms with Crippen molar-refractivity contribution in [2.75, 3.05) is 19.0 Å². The highest BCUT2D eigenvalue weighted by Crippen LogP contribution is 2.30. The maximum atomic E-state index is 12.1. The van der Waals surface area contributed by atoms with Crippen LogP contribution in [0.3, 0.4) is 0 Å². The second kappa shape index (κ2) is 6.07. The van der Waals surface area contributed by atoms with Gasteiger partial charge < -0.3 is 15.8 Å². The van der Waals surface area contributed by atoms with Crippen LogP contribution in [0.5, 0.6) is 0 Å². The van der Waals surface area contributed by atoms with Gasteiger partial charge in [-0.15, -0.1) is 0 Å². The molecule has 0 aromatic carbocycles. The van der Waals surface area contributed by atoms with Crippen molar-refractivity contribution in [3.8, 4) is 0 Å². The second-order valence-corrected chi connectivity index (χ2v) is 6.36. The number of hydrogen-bond donors (Lipinski definition) is 2. The third-order valence-electron chi connectivity index (χ3n) is 3.62. The molecule has 1 saturated heterocycles. The van der Waals surface area contributed by atoms with Gasteiger partial charge in [0.2, 0.25) is 5.91 Å². The lowest BCUT2D eigenvalue weighted by Crippen LogP contribution is -2.46. The largest absolute Gasteiger partial charge is 0.379 e. The van der Waals surface area contributed by atoms with Crippen molar-refractivity contribution in [3.05, 3.63) is 0 Å². The summed E-state index contributed by atoms with van der Waals surface area (Å²) in [6.45, 7) is 3.16. The number of carbonyl (C=O) groups is 1. The Kier molecular flexibility index (Phi) is 4.70. The van der Waals surface area contributed by atoms with Crippen molar-refractivity contribution in [1.82, 2.24) is 5.32 Å². The molecular formula is C12H22N2O2S. The van der Waals surface area contributed by atoms with Gasteiger partial charge in [-0.1, -0.05) is 13.3 Å². The van der Waals surface area contributed by atoms with Crippen LogP contribution in [0.1, 0.15) is 26.2 Å². The normalized spacial score (nSPS) is 37.3. The Morgan fingerprint density at radius 1 is 1.47 bits per heavy atom. The monoisotopic (exact) mass is 258 g/mol. The lowest BCUT2D eigenvalue weighted by Gasteiger charge is -2.22. The number of amides is 1. The van der Waals surface area contributed by atoms with E-state index >= 15 is 0 Å². The maximum absolute atomic E-state index is 12.1. The predicted octanol–water partition coefficient (Wildman–Crippen LogP) is 0.751. The minimum absolute atomic E-state index is 0.0867. The summed E-state index contributed by atoms with van der Waals surface area (Å²) in [5.41, 5.74) is 5.86. The van der Waals surface area contributed by atoms with Crippen molar-refractivity contribution >= 4 is 17.7 Å². The Balaban J connectivity index is 1.85. The average Bonchev–Trinajstić information content (AvgIpc) is 2.89. The van der Waals surface area contributed by atoms with Gasteiger partial charge in [-0.2, -0.15) is 11.8 Å². The molecule has 1 aliphatic carbocycles. The number of nitrogens with two attached hydrogens (primary N) is 1. The van der Waals surface area contributed by atoms with Gasteiger partial charge in [0, 0.05) is 17.3 Å². The van der Waals surface area contributed by atoms with E-state index in [1.54, 1.807) is 0 Å². The molecule has 0 radical (unpaired) electrons. The summed E-state index contributed by atoms with van der Waals surface area (Å²) < 4.78 is 5.24. The van der Waals surface area contributed by atoms with Gasteiger partial charge in [-0.3, -0.25) is 4.79 Å². The summed E-state index contributed by atoms with van der Waals surface area (Å²) in [5, 5.41) is 3.75. The molecule has 0 bridgehead atoms. The highest BCUT2D eigenvalue weighted by molar-refractivity contribution is 7.99. The van der Waals surface area contributed by atoms with Gasteiger partial charge in [-0.25, -0.2) is 0 Å². The number of thioether (sulfide) groups is 1. The fourth-order valence-corrected chi connectivity index (χ4v) is 3.83. The van der Waals surface area contributed by atoms with E-state index in [1.165, 1.54) is 12.8 Å². The molecule has 1 amide bonds. The molecule has 2 rings (SSSR count). The Hall–Kier alpha value is -0.260. The van der Waals surface area contributed by atoms with Crippen molar-refractivity contribution in [2.45, 2.75) is 43.5 Å². The summed E-state index contributed by atoms with van der Waals surface area (Å²) in [5.74, 6) is 1.05. The summed E-state index contributed by atoms with van der Waals surface area (Å²) in [7, 11) is 0. The molecule has 0 spiro atoms. The maximum Gasteiger partial charge on any atom is 0.227 e. The zero-order chi connectivity index (χ0) is 12.3. The van der Waals surface area contributed by atoms with E-state index in [2.05, 4.69) is 12.2 Å². The summed E-state index contributed by atoms with van der Waals surface area (Å²) in [6, 6.07) is 0.203. The average molecular weight is 258 g/mol. The molecule has 2 fully saturated rings. The molecule has 98 valence electrons. The van der Waals surface area contributed by atoms with Crippen LogP contribution in [0.2, 0.25) is 0 Å². The molecule has 1 saturated carbocycles. The minimum Gasteiger partial charge on any atom is -0.379 e. The van der Waals surface area contributed by atoms with E-state index in [-0.39, 0.29) is 17.9 Å². The Morgan fingerprint density at radius 2 is 2.29 bits per heavy atom. The van der Waals surface area contributed by atoms with E-state index in [0.717, 1.165) is 12.2 Å². The van der Waals surface area contributed by atoms with Crippen LogP contribution in [0.25, 0.3) is 0 Å². The Labute approximate surface area is 107 Å². The Morgan fingerprint density at radius 3 is 2.94 bits per heavy atom. The first-order chi connectivity index (χ1) is 8.22. The fourth-order valence-electron chi connectivity index (χ4n) is 2.64. The predicted molar refractivity (Wildman–Crippen MR) is 70.0 cm³/mol. The van der Waals surface area contributed by atoms with E-state index < -0.39 is 0 Å². The van der Waals surface area contributed by atoms with Crippen molar-refractivity contribution in [3.63, 3.8) is 0 Å². The summed E-state index contributed by atoms with van der Waals surface area (Å²) >= 11 is 1.96. The number of rotatable bonds is 4. The van der Waals surface area contributed by atoms with Gasteiger partial charge >= 0.3 is 0 Å². The standard InChI is InChI=1S/C12H22N2O2S/c1-2-17-11-5-3-4-10(11)14-12(15)8-6-16-7-9(8)13/h8-11H,2-7,13H2,1H3,(H,14,15). The highest BCUT2D eigenvalue weighted by Gasteiger charge is 2.35. The van der Waals surface area contributed by atoms with Gasteiger partial charge in [0.05, 0.1) is 19.1 Å². The number of ether oxygens (including phenoxy) is 1. The van der Waals surface area contributed by atoms with Crippen molar-refractivity contribution < 1.29 is 9.53 Å². The van der Waals surface area contributed by atoms with Crippen LogP contribution in [-0.4, -0.2) is 42.2 Å². The first-order valence-electron chi connectivity index (χ1n) is 6.47. The van der Waals surface area contributed by atoms with Crippen molar-refractivity contribution in [2.24, 2.45) is 11.7 Å². The topological polar surface area (TPSA) is 64.3 Å². The number of nitrogens with one attached hydrogen (secondary N) is 1. The van der Waals surface area contributed by atoms with E-state index in [1.807, 2.05) is 11.8 Å². The highest BCUT2D eigenvalue weighted by atomic mass is 32.2. The van der Waals surface area contributed by atoms with E-state index in [9.17, 15) is 4.79 Å². The lowest BCUT2D eigenvalue weighted by molar-refractivity contribution is -0.125.